The molecule has 7 heteroatoms. The lowest BCUT2D eigenvalue weighted by atomic mass is 9.92. The van der Waals surface area contributed by atoms with E-state index in [1.54, 1.807) is 24.3 Å². The summed E-state index contributed by atoms with van der Waals surface area (Å²) in [5.74, 6) is 0.900. The highest BCUT2D eigenvalue weighted by Crippen LogP contribution is 2.31. The van der Waals surface area contributed by atoms with Crippen LogP contribution in [0.4, 0.5) is 5.69 Å². The summed E-state index contributed by atoms with van der Waals surface area (Å²) >= 11 is 0. The van der Waals surface area contributed by atoms with Crippen molar-refractivity contribution in [1.29, 1.82) is 0 Å². The maximum atomic E-state index is 12.5. The van der Waals surface area contributed by atoms with Crippen molar-refractivity contribution in [3.05, 3.63) is 24.3 Å². The number of carbonyl (C=O) groups excluding carboxylic acids is 1. The van der Waals surface area contributed by atoms with Crippen molar-refractivity contribution in [3.63, 3.8) is 0 Å². The number of ether oxygens (including phenoxy) is 1. The summed E-state index contributed by atoms with van der Waals surface area (Å²) in [5, 5.41) is 2.79. The molecule has 0 aliphatic heterocycles. The summed E-state index contributed by atoms with van der Waals surface area (Å²) in [6.07, 6.45) is 4.61. The Morgan fingerprint density at radius 3 is 2.33 bits per heavy atom. The van der Waals surface area contributed by atoms with Crippen LogP contribution in [0.3, 0.4) is 0 Å². The number of rotatable bonds is 9. The van der Waals surface area contributed by atoms with Crippen molar-refractivity contribution in [2.75, 3.05) is 23.7 Å². The van der Waals surface area contributed by atoms with Crippen LogP contribution in [0, 0.1) is 11.8 Å². The van der Waals surface area contributed by atoms with Crippen molar-refractivity contribution in [2.24, 2.45) is 11.8 Å². The van der Waals surface area contributed by atoms with E-state index in [9.17, 15) is 13.2 Å². The Morgan fingerprint density at radius 1 is 1.19 bits per heavy atom. The summed E-state index contributed by atoms with van der Waals surface area (Å²) in [6.45, 7) is 5.93. The molecule has 152 valence electrons. The number of carbonyl (C=O) groups is 1. The second kappa shape index (κ2) is 9.44. The van der Waals surface area contributed by atoms with Gasteiger partial charge in [-0.15, -0.1) is 0 Å². The molecule has 0 aromatic heterocycles. The summed E-state index contributed by atoms with van der Waals surface area (Å²) in [7, 11) is -1.99. The van der Waals surface area contributed by atoms with Crippen LogP contribution in [0.2, 0.25) is 0 Å². The Hall–Kier alpha value is -1.76. The Morgan fingerprint density at radius 2 is 1.78 bits per heavy atom. The Kier molecular flexibility index (Phi) is 7.53. The fraction of sp³-hybridized carbons (Fsp3) is 0.650. The molecule has 1 unspecified atom stereocenters. The molecule has 1 aliphatic rings. The number of hydrogen-bond donors (Lipinski definition) is 1. The molecule has 1 fully saturated rings. The SMILES string of the molecule is CC(C)Oc1ccc(N(C)S(=O)(=O)CCNC(=O)C(C)C2CCCC2)cc1. The van der Waals surface area contributed by atoms with E-state index in [1.807, 2.05) is 20.8 Å². The van der Waals surface area contributed by atoms with E-state index in [4.69, 9.17) is 4.74 Å². The molecule has 0 radical (unpaired) electrons. The van der Waals surface area contributed by atoms with Crippen molar-refractivity contribution >= 4 is 21.6 Å². The number of nitrogens with one attached hydrogen (secondary N) is 1. The van der Waals surface area contributed by atoms with Crippen LogP contribution in [-0.2, 0) is 14.8 Å². The molecular weight excluding hydrogens is 364 g/mol. The molecule has 1 aromatic rings. The van der Waals surface area contributed by atoms with E-state index in [2.05, 4.69) is 5.32 Å². The van der Waals surface area contributed by atoms with Crippen molar-refractivity contribution < 1.29 is 17.9 Å². The van der Waals surface area contributed by atoms with Crippen LogP contribution in [-0.4, -0.2) is 39.8 Å². The zero-order valence-electron chi connectivity index (χ0n) is 16.8. The summed E-state index contributed by atoms with van der Waals surface area (Å²) in [4.78, 5) is 12.2. The topological polar surface area (TPSA) is 75.7 Å². The van der Waals surface area contributed by atoms with Crippen LogP contribution < -0.4 is 14.4 Å². The van der Waals surface area contributed by atoms with E-state index >= 15 is 0 Å². The standard InChI is InChI=1S/C20H32N2O4S/c1-15(2)26-19-11-9-18(10-12-19)22(4)27(24,25)14-13-21-20(23)16(3)17-7-5-6-8-17/h9-12,15-17H,5-8,13-14H2,1-4H3,(H,21,23). The minimum Gasteiger partial charge on any atom is -0.491 e. The highest BCUT2D eigenvalue weighted by Gasteiger charge is 2.27. The molecule has 27 heavy (non-hydrogen) atoms. The number of nitrogens with zero attached hydrogens (tertiary/aromatic N) is 1. The molecule has 0 bridgehead atoms. The van der Waals surface area contributed by atoms with E-state index in [0.29, 0.717) is 17.4 Å². The normalized spacial score (nSPS) is 16.3. The van der Waals surface area contributed by atoms with E-state index < -0.39 is 10.0 Å². The van der Waals surface area contributed by atoms with E-state index in [-0.39, 0.29) is 30.2 Å². The lowest BCUT2D eigenvalue weighted by Crippen LogP contribution is -2.38. The van der Waals surface area contributed by atoms with Gasteiger partial charge in [0.15, 0.2) is 0 Å². The van der Waals surface area contributed by atoms with Gasteiger partial charge < -0.3 is 10.1 Å². The molecule has 1 saturated carbocycles. The van der Waals surface area contributed by atoms with Gasteiger partial charge in [0.1, 0.15) is 5.75 Å². The third-order valence-corrected chi connectivity index (χ3v) is 6.93. The van der Waals surface area contributed by atoms with Gasteiger partial charge in [-0.25, -0.2) is 8.42 Å². The van der Waals surface area contributed by atoms with Crippen LogP contribution in [0.15, 0.2) is 24.3 Å². The molecule has 0 saturated heterocycles. The molecule has 0 spiro atoms. The first-order chi connectivity index (χ1) is 12.7. The Balaban J connectivity index is 1.86. The van der Waals surface area contributed by atoms with Crippen molar-refractivity contribution in [1.82, 2.24) is 5.32 Å². The van der Waals surface area contributed by atoms with Gasteiger partial charge in [-0.3, -0.25) is 9.10 Å². The summed E-state index contributed by atoms with van der Waals surface area (Å²) in [5.41, 5.74) is 0.566. The van der Waals surface area contributed by atoms with Gasteiger partial charge in [0.05, 0.1) is 17.5 Å². The number of amides is 1. The third kappa shape index (κ3) is 6.13. The van der Waals surface area contributed by atoms with Gasteiger partial charge in [-0.05, 0) is 56.9 Å². The van der Waals surface area contributed by atoms with Crippen LogP contribution >= 0.6 is 0 Å². The van der Waals surface area contributed by atoms with Gasteiger partial charge in [-0.2, -0.15) is 0 Å². The smallest absolute Gasteiger partial charge is 0.236 e. The van der Waals surface area contributed by atoms with Gasteiger partial charge in [0.2, 0.25) is 15.9 Å². The zero-order chi connectivity index (χ0) is 20.0. The predicted molar refractivity (Wildman–Crippen MR) is 109 cm³/mol. The molecule has 1 atom stereocenters. The van der Waals surface area contributed by atoms with Crippen molar-refractivity contribution in [2.45, 2.75) is 52.6 Å². The van der Waals surface area contributed by atoms with Gasteiger partial charge >= 0.3 is 0 Å². The Bertz CT molecular complexity index is 710. The highest BCUT2D eigenvalue weighted by atomic mass is 32.2. The number of anilines is 1. The minimum atomic E-state index is -3.51. The maximum absolute atomic E-state index is 12.5. The number of hydrogen-bond acceptors (Lipinski definition) is 4. The van der Waals surface area contributed by atoms with Crippen molar-refractivity contribution in [3.8, 4) is 5.75 Å². The highest BCUT2D eigenvalue weighted by molar-refractivity contribution is 7.92. The fourth-order valence-corrected chi connectivity index (χ4v) is 4.52. The molecule has 1 amide bonds. The molecular formula is C20H32N2O4S. The second-order valence-electron chi connectivity index (χ2n) is 7.57. The largest absolute Gasteiger partial charge is 0.491 e. The fourth-order valence-electron chi connectivity index (χ4n) is 3.44. The molecule has 6 nitrogen and oxygen atoms in total. The van der Waals surface area contributed by atoms with Gasteiger partial charge in [0, 0.05) is 19.5 Å². The second-order valence-corrected chi connectivity index (χ2v) is 9.69. The first-order valence-electron chi connectivity index (χ1n) is 9.71. The van der Waals surface area contributed by atoms with Crippen LogP contribution in [0.5, 0.6) is 5.75 Å². The zero-order valence-corrected chi connectivity index (χ0v) is 17.6. The van der Waals surface area contributed by atoms with Gasteiger partial charge in [-0.1, -0.05) is 19.8 Å². The van der Waals surface area contributed by atoms with Crippen LogP contribution in [0.25, 0.3) is 0 Å². The van der Waals surface area contributed by atoms with Crippen LogP contribution in [0.1, 0.15) is 46.5 Å². The molecule has 1 N–H and O–H groups in total. The maximum Gasteiger partial charge on any atom is 0.236 e. The average Bonchev–Trinajstić information content (AvgIpc) is 3.15. The first kappa shape index (κ1) is 21.5. The monoisotopic (exact) mass is 396 g/mol. The number of benzene rings is 1. The molecule has 2 rings (SSSR count). The molecule has 1 aromatic carbocycles. The third-order valence-electron chi connectivity index (χ3n) is 5.17. The average molecular weight is 397 g/mol. The first-order valence-corrected chi connectivity index (χ1v) is 11.3. The van der Waals surface area contributed by atoms with E-state index in [0.717, 1.165) is 12.8 Å². The quantitative estimate of drug-likeness (QED) is 0.696. The number of sulfonamides is 1. The lowest BCUT2D eigenvalue weighted by Gasteiger charge is -2.21. The minimum absolute atomic E-state index is 0.0464. The molecule has 1 aliphatic carbocycles. The summed E-state index contributed by atoms with van der Waals surface area (Å²) < 4.78 is 31.9. The predicted octanol–water partition coefficient (Wildman–Crippen LogP) is 3.18. The Labute approximate surface area is 163 Å². The molecule has 0 heterocycles. The lowest BCUT2D eigenvalue weighted by molar-refractivity contribution is -0.125. The summed E-state index contributed by atoms with van der Waals surface area (Å²) in [6, 6.07) is 6.95. The van der Waals surface area contributed by atoms with Gasteiger partial charge in [0.25, 0.3) is 0 Å². The van der Waals surface area contributed by atoms with E-state index in [1.165, 1.54) is 24.2 Å².